The van der Waals surface area contributed by atoms with E-state index in [4.69, 9.17) is 0 Å². The van der Waals surface area contributed by atoms with Crippen molar-refractivity contribution in [2.75, 3.05) is 18.4 Å². The molecule has 0 spiro atoms. The average Bonchev–Trinajstić information content (AvgIpc) is 2.73. The summed E-state index contributed by atoms with van der Waals surface area (Å²) >= 11 is 0. The highest BCUT2D eigenvalue weighted by Crippen LogP contribution is 2.19. The third-order valence-corrected chi connectivity index (χ3v) is 4.80. The number of benzene rings is 1. The van der Waals surface area contributed by atoms with Crippen molar-refractivity contribution in [2.24, 2.45) is 0 Å². The zero-order valence-electron chi connectivity index (χ0n) is 15.8. The lowest BCUT2D eigenvalue weighted by molar-refractivity contribution is 0.0953. The van der Waals surface area contributed by atoms with Crippen LogP contribution in [0.5, 0.6) is 0 Å². The molecule has 0 saturated carbocycles. The summed E-state index contributed by atoms with van der Waals surface area (Å²) in [5.74, 6) is 0.453. The maximum atomic E-state index is 12.2. The third-order valence-electron chi connectivity index (χ3n) is 4.80. The van der Waals surface area contributed by atoms with Crippen LogP contribution >= 0.6 is 0 Å². The molecule has 1 amide bonds. The molecule has 0 unspecified atom stereocenters. The molecule has 142 valence electrons. The van der Waals surface area contributed by atoms with Gasteiger partial charge in [-0.2, -0.15) is 0 Å². The summed E-state index contributed by atoms with van der Waals surface area (Å²) in [6, 6.07) is 10.4. The van der Waals surface area contributed by atoms with E-state index in [1.54, 1.807) is 12.4 Å². The van der Waals surface area contributed by atoms with Gasteiger partial charge in [0.05, 0.1) is 5.56 Å². The van der Waals surface area contributed by atoms with E-state index in [-0.39, 0.29) is 5.91 Å². The molecule has 1 aliphatic rings. The molecule has 1 aromatic heterocycles. The summed E-state index contributed by atoms with van der Waals surface area (Å²) in [5.41, 5.74) is 3.30. The van der Waals surface area contributed by atoms with Crippen LogP contribution in [0.3, 0.4) is 0 Å². The van der Waals surface area contributed by atoms with Crippen LogP contribution < -0.4 is 10.6 Å². The number of rotatable bonds is 9. The Morgan fingerprint density at radius 2 is 1.81 bits per heavy atom. The lowest BCUT2D eigenvalue weighted by Crippen LogP contribution is -2.25. The SMILES string of the molecule is O=C(NCCC1=CCCCC1)c1cnc(NCCCc2ccccc2)nc1. The number of hydrogen-bond donors (Lipinski definition) is 2. The van der Waals surface area contributed by atoms with Crippen molar-refractivity contribution < 1.29 is 4.79 Å². The van der Waals surface area contributed by atoms with E-state index in [0.29, 0.717) is 18.1 Å². The highest BCUT2D eigenvalue weighted by Gasteiger charge is 2.08. The number of carbonyl (C=O) groups is 1. The zero-order chi connectivity index (χ0) is 18.7. The Hall–Kier alpha value is -2.69. The molecule has 1 heterocycles. The van der Waals surface area contributed by atoms with Crippen LogP contribution in [0, 0.1) is 0 Å². The molecular weight excluding hydrogens is 336 g/mol. The first-order valence-corrected chi connectivity index (χ1v) is 9.87. The van der Waals surface area contributed by atoms with Crippen LogP contribution in [-0.4, -0.2) is 29.0 Å². The second-order valence-electron chi connectivity index (χ2n) is 6.93. The summed E-state index contributed by atoms with van der Waals surface area (Å²) in [5, 5.41) is 6.16. The van der Waals surface area contributed by atoms with E-state index < -0.39 is 0 Å². The number of allylic oxidation sites excluding steroid dienone is 1. The normalized spacial score (nSPS) is 13.7. The number of anilines is 1. The first kappa shape index (κ1) is 19.1. The number of aryl methyl sites for hydroxylation is 1. The Morgan fingerprint density at radius 3 is 2.56 bits per heavy atom. The summed E-state index contributed by atoms with van der Waals surface area (Å²) in [6.07, 6.45) is 13.4. The molecule has 3 rings (SSSR count). The van der Waals surface area contributed by atoms with Gasteiger partial charge in [-0.15, -0.1) is 0 Å². The molecule has 2 aromatic rings. The van der Waals surface area contributed by atoms with Gasteiger partial charge in [-0.05, 0) is 50.5 Å². The van der Waals surface area contributed by atoms with Gasteiger partial charge in [0.15, 0.2) is 0 Å². The van der Waals surface area contributed by atoms with Crippen molar-refractivity contribution in [1.29, 1.82) is 0 Å². The Labute approximate surface area is 161 Å². The minimum Gasteiger partial charge on any atom is -0.354 e. The summed E-state index contributed by atoms with van der Waals surface area (Å²) in [6.45, 7) is 1.47. The van der Waals surface area contributed by atoms with E-state index in [0.717, 1.165) is 25.8 Å². The minimum atomic E-state index is -0.109. The fourth-order valence-corrected chi connectivity index (χ4v) is 3.24. The molecule has 1 aliphatic carbocycles. The van der Waals surface area contributed by atoms with Gasteiger partial charge in [0.25, 0.3) is 5.91 Å². The van der Waals surface area contributed by atoms with Crippen LogP contribution in [-0.2, 0) is 6.42 Å². The van der Waals surface area contributed by atoms with Gasteiger partial charge in [-0.3, -0.25) is 4.79 Å². The predicted molar refractivity (Wildman–Crippen MR) is 109 cm³/mol. The van der Waals surface area contributed by atoms with Gasteiger partial charge in [-0.25, -0.2) is 9.97 Å². The molecule has 5 nitrogen and oxygen atoms in total. The van der Waals surface area contributed by atoms with Crippen molar-refractivity contribution in [3.8, 4) is 0 Å². The van der Waals surface area contributed by atoms with E-state index in [2.05, 4.69) is 50.9 Å². The molecule has 0 fully saturated rings. The van der Waals surface area contributed by atoms with Gasteiger partial charge in [0.2, 0.25) is 5.95 Å². The summed E-state index contributed by atoms with van der Waals surface area (Å²) in [4.78, 5) is 20.7. The van der Waals surface area contributed by atoms with Crippen LogP contribution in [0.2, 0.25) is 0 Å². The maximum Gasteiger partial charge on any atom is 0.254 e. The highest BCUT2D eigenvalue weighted by molar-refractivity contribution is 5.93. The number of aromatic nitrogens is 2. The fourth-order valence-electron chi connectivity index (χ4n) is 3.24. The standard InChI is InChI=1S/C22H28N4O/c27-21(23-15-13-19-10-5-2-6-11-19)20-16-25-22(26-17-20)24-14-7-12-18-8-3-1-4-9-18/h1,3-4,8-10,16-17H,2,5-7,11-15H2,(H,23,27)(H,24,25,26). The van der Waals surface area contributed by atoms with Crippen molar-refractivity contribution in [3.63, 3.8) is 0 Å². The predicted octanol–water partition coefficient (Wildman–Crippen LogP) is 4.14. The molecule has 27 heavy (non-hydrogen) atoms. The van der Waals surface area contributed by atoms with Crippen molar-refractivity contribution in [3.05, 3.63) is 65.5 Å². The molecule has 1 aromatic carbocycles. The number of nitrogens with zero attached hydrogens (tertiary/aromatic N) is 2. The largest absolute Gasteiger partial charge is 0.354 e. The monoisotopic (exact) mass is 364 g/mol. The third kappa shape index (κ3) is 6.51. The van der Waals surface area contributed by atoms with E-state index in [1.807, 2.05) is 6.07 Å². The molecule has 0 radical (unpaired) electrons. The van der Waals surface area contributed by atoms with Crippen LogP contribution in [0.4, 0.5) is 5.95 Å². The minimum absolute atomic E-state index is 0.109. The summed E-state index contributed by atoms with van der Waals surface area (Å²) in [7, 11) is 0. The van der Waals surface area contributed by atoms with Crippen molar-refractivity contribution in [2.45, 2.75) is 44.9 Å². The number of nitrogens with one attached hydrogen (secondary N) is 2. The number of carbonyl (C=O) groups excluding carboxylic acids is 1. The van der Waals surface area contributed by atoms with Crippen LogP contribution in [0.15, 0.2) is 54.4 Å². The van der Waals surface area contributed by atoms with Gasteiger partial charge in [0.1, 0.15) is 0 Å². The number of amides is 1. The molecular formula is C22H28N4O. The molecule has 2 N–H and O–H groups in total. The molecule has 5 heteroatoms. The zero-order valence-corrected chi connectivity index (χ0v) is 15.8. The Balaban J connectivity index is 1.36. The van der Waals surface area contributed by atoms with Crippen molar-refractivity contribution in [1.82, 2.24) is 15.3 Å². The van der Waals surface area contributed by atoms with E-state index in [9.17, 15) is 4.79 Å². The van der Waals surface area contributed by atoms with Gasteiger partial charge >= 0.3 is 0 Å². The van der Waals surface area contributed by atoms with E-state index >= 15 is 0 Å². The first-order chi connectivity index (χ1) is 13.3. The second-order valence-corrected chi connectivity index (χ2v) is 6.93. The average molecular weight is 364 g/mol. The fraction of sp³-hybridized carbons (Fsp3) is 0.409. The molecule has 0 atom stereocenters. The Kier molecular flexibility index (Phi) is 7.39. The smallest absolute Gasteiger partial charge is 0.254 e. The highest BCUT2D eigenvalue weighted by atomic mass is 16.1. The van der Waals surface area contributed by atoms with Crippen LogP contribution in [0.1, 0.15) is 54.4 Å². The summed E-state index contributed by atoms with van der Waals surface area (Å²) < 4.78 is 0. The second kappa shape index (κ2) is 10.5. The lowest BCUT2D eigenvalue weighted by atomic mass is 9.97. The number of hydrogen-bond acceptors (Lipinski definition) is 4. The topological polar surface area (TPSA) is 66.9 Å². The quantitative estimate of drug-likeness (QED) is 0.518. The van der Waals surface area contributed by atoms with E-state index in [1.165, 1.54) is 36.8 Å². The molecule has 0 saturated heterocycles. The van der Waals surface area contributed by atoms with Crippen molar-refractivity contribution >= 4 is 11.9 Å². The van der Waals surface area contributed by atoms with Crippen LogP contribution in [0.25, 0.3) is 0 Å². The Morgan fingerprint density at radius 1 is 1.00 bits per heavy atom. The van der Waals surface area contributed by atoms with Gasteiger partial charge in [0, 0.05) is 25.5 Å². The molecule has 0 aliphatic heterocycles. The molecule has 0 bridgehead atoms. The first-order valence-electron chi connectivity index (χ1n) is 9.87. The maximum absolute atomic E-state index is 12.2. The Bertz CT molecular complexity index is 741. The lowest BCUT2D eigenvalue weighted by Gasteiger charge is -2.13. The van der Waals surface area contributed by atoms with Gasteiger partial charge < -0.3 is 10.6 Å². The van der Waals surface area contributed by atoms with Gasteiger partial charge in [-0.1, -0.05) is 42.0 Å².